The second-order valence-electron chi connectivity index (χ2n) is 5.51. The third-order valence-corrected chi connectivity index (χ3v) is 4.56. The van der Waals surface area contributed by atoms with Crippen LogP contribution in [0.3, 0.4) is 0 Å². The summed E-state index contributed by atoms with van der Waals surface area (Å²) in [6, 6.07) is 12.1. The monoisotopic (exact) mass is 332 g/mol. The van der Waals surface area contributed by atoms with Crippen molar-refractivity contribution in [1.29, 1.82) is 0 Å². The first kappa shape index (κ1) is 17.5. The van der Waals surface area contributed by atoms with Crippen molar-refractivity contribution in [3.63, 3.8) is 0 Å². The minimum atomic E-state index is -0.0409. The second-order valence-corrected chi connectivity index (χ2v) is 6.51. The van der Waals surface area contributed by atoms with Crippen LogP contribution in [-0.4, -0.2) is 31.1 Å². The molecule has 1 heterocycles. The molecule has 0 atom stereocenters. The SMILES string of the molecule is Cc1ccsc1CN(C)C(=O)NCCCOCc1ccccc1. The fourth-order valence-corrected chi connectivity index (χ4v) is 3.08. The lowest BCUT2D eigenvalue weighted by Crippen LogP contribution is -2.37. The zero-order chi connectivity index (χ0) is 16.5. The van der Waals surface area contributed by atoms with E-state index in [0.29, 0.717) is 26.3 Å². The highest BCUT2D eigenvalue weighted by atomic mass is 32.1. The number of urea groups is 1. The maximum atomic E-state index is 12.0. The van der Waals surface area contributed by atoms with E-state index in [4.69, 9.17) is 4.74 Å². The number of amides is 2. The molecule has 0 fully saturated rings. The normalized spacial score (nSPS) is 10.5. The summed E-state index contributed by atoms with van der Waals surface area (Å²) in [5, 5.41) is 4.98. The summed E-state index contributed by atoms with van der Waals surface area (Å²) in [4.78, 5) is 15.0. The number of thiophene rings is 1. The van der Waals surface area contributed by atoms with Crippen molar-refractivity contribution in [2.75, 3.05) is 20.2 Å². The van der Waals surface area contributed by atoms with Gasteiger partial charge in [-0.25, -0.2) is 4.79 Å². The van der Waals surface area contributed by atoms with Crippen molar-refractivity contribution < 1.29 is 9.53 Å². The topological polar surface area (TPSA) is 41.6 Å². The summed E-state index contributed by atoms with van der Waals surface area (Å²) in [6.07, 6.45) is 0.810. The summed E-state index contributed by atoms with van der Waals surface area (Å²) < 4.78 is 5.60. The van der Waals surface area contributed by atoms with E-state index < -0.39 is 0 Å². The van der Waals surface area contributed by atoms with E-state index in [9.17, 15) is 4.79 Å². The van der Waals surface area contributed by atoms with Gasteiger partial charge in [0.2, 0.25) is 0 Å². The lowest BCUT2D eigenvalue weighted by Gasteiger charge is -2.17. The number of aryl methyl sites for hydroxylation is 1. The highest BCUT2D eigenvalue weighted by molar-refractivity contribution is 7.10. The lowest BCUT2D eigenvalue weighted by atomic mass is 10.2. The van der Waals surface area contributed by atoms with Gasteiger partial charge in [0.25, 0.3) is 0 Å². The average Bonchev–Trinajstić information content (AvgIpc) is 2.96. The largest absolute Gasteiger partial charge is 0.377 e. The number of carbonyl (C=O) groups excluding carboxylic acids is 1. The molecule has 1 aromatic heterocycles. The minimum absolute atomic E-state index is 0.0409. The molecule has 2 amide bonds. The Bertz CT molecular complexity index is 598. The number of carbonyl (C=O) groups is 1. The smallest absolute Gasteiger partial charge is 0.317 e. The molecule has 0 aliphatic rings. The molecule has 4 nitrogen and oxygen atoms in total. The van der Waals surface area contributed by atoms with Gasteiger partial charge in [-0.2, -0.15) is 0 Å². The second kappa shape index (κ2) is 9.33. The highest BCUT2D eigenvalue weighted by Crippen LogP contribution is 2.17. The van der Waals surface area contributed by atoms with Gasteiger partial charge in [0.1, 0.15) is 0 Å². The maximum absolute atomic E-state index is 12.0. The van der Waals surface area contributed by atoms with E-state index in [1.165, 1.54) is 16.0 Å². The number of nitrogens with one attached hydrogen (secondary N) is 1. The quantitative estimate of drug-likeness (QED) is 0.747. The molecule has 5 heteroatoms. The standard InChI is InChI=1S/C18H24N2O2S/c1-15-9-12-23-17(15)13-20(2)18(21)19-10-6-11-22-14-16-7-4-3-5-8-16/h3-5,7-9,12H,6,10-11,13-14H2,1-2H3,(H,19,21). The van der Waals surface area contributed by atoms with Gasteiger partial charge in [-0.3, -0.25) is 0 Å². The summed E-state index contributed by atoms with van der Waals surface area (Å²) in [5.74, 6) is 0. The van der Waals surface area contributed by atoms with Crippen LogP contribution in [0.4, 0.5) is 4.79 Å². The van der Waals surface area contributed by atoms with Crippen LogP contribution in [0.25, 0.3) is 0 Å². The van der Waals surface area contributed by atoms with Crippen molar-refractivity contribution in [1.82, 2.24) is 10.2 Å². The number of nitrogens with zero attached hydrogens (tertiary/aromatic N) is 1. The Hall–Kier alpha value is -1.85. The summed E-state index contributed by atoms with van der Waals surface area (Å²) in [6.45, 7) is 4.61. The molecule has 0 saturated carbocycles. The van der Waals surface area contributed by atoms with Gasteiger partial charge in [0.15, 0.2) is 0 Å². The average molecular weight is 332 g/mol. The van der Waals surface area contributed by atoms with Crippen molar-refractivity contribution in [3.05, 3.63) is 57.8 Å². The third-order valence-electron chi connectivity index (χ3n) is 3.55. The minimum Gasteiger partial charge on any atom is -0.377 e. The van der Waals surface area contributed by atoms with Gasteiger partial charge in [-0.15, -0.1) is 11.3 Å². The molecule has 0 spiro atoms. The maximum Gasteiger partial charge on any atom is 0.317 e. The Kier molecular flexibility index (Phi) is 7.10. The summed E-state index contributed by atoms with van der Waals surface area (Å²) in [7, 11) is 1.82. The van der Waals surface area contributed by atoms with Gasteiger partial charge in [-0.1, -0.05) is 30.3 Å². The van der Waals surface area contributed by atoms with Gasteiger partial charge < -0.3 is 15.0 Å². The molecule has 0 saturated heterocycles. The molecule has 0 aliphatic heterocycles. The van der Waals surface area contributed by atoms with Gasteiger partial charge >= 0.3 is 6.03 Å². The molecule has 23 heavy (non-hydrogen) atoms. The predicted octanol–water partition coefficient (Wildman–Crippen LogP) is 3.80. The lowest BCUT2D eigenvalue weighted by molar-refractivity contribution is 0.118. The summed E-state index contributed by atoms with van der Waals surface area (Å²) in [5.41, 5.74) is 2.41. The van der Waals surface area contributed by atoms with Crippen molar-refractivity contribution in [2.24, 2.45) is 0 Å². The van der Waals surface area contributed by atoms with E-state index in [2.05, 4.69) is 23.7 Å². The zero-order valence-corrected chi connectivity index (χ0v) is 14.6. The Morgan fingerprint density at radius 3 is 2.74 bits per heavy atom. The Morgan fingerprint density at radius 1 is 1.26 bits per heavy atom. The number of hydrogen-bond donors (Lipinski definition) is 1. The van der Waals surface area contributed by atoms with Crippen LogP contribution in [-0.2, 0) is 17.9 Å². The number of benzene rings is 1. The Morgan fingerprint density at radius 2 is 2.04 bits per heavy atom. The van der Waals surface area contributed by atoms with E-state index in [1.54, 1.807) is 16.2 Å². The summed E-state index contributed by atoms with van der Waals surface area (Å²) >= 11 is 1.69. The Labute approximate surface area is 142 Å². The van der Waals surface area contributed by atoms with Crippen LogP contribution < -0.4 is 5.32 Å². The molecule has 2 aromatic rings. The molecule has 0 unspecified atom stereocenters. The molecule has 1 aromatic carbocycles. The number of rotatable bonds is 8. The van der Waals surface area contributed by atoms with Crippen molar-refractivity contribution >= 4 is 17.4 Å². The molecule has 124 valence electrons. The van der Waals surface area contributed by atoms with Crippen molar-refractivity contribution in [3.8, 4) is 0 Å². The molecular formula is C18H24N2O2S. The van der Waals surface area contributed by atoms with Crippen LogP contribution in [0.1, 0.15) is 22.4 Å². The molecule has 0 bridgehead atoms. The van der Waals surface area contributed by atoms with Crippen molar-refractivity contribution in [2.45, 2.75) is 26.5 Å². The molecule has 0 aliphatic carbocycles. The fraction of sp³-hybridized carbons (Fsp3) is 0.389. The Balaban J connectivity index is 1.56. The first-order valence-electron chi connectivity index (χ1n) is 7.80. The van der Waals surface area contributed by atoms with Gasteiger partial charge in [0.05, 0.1) is 13.2 Å². The van der Waals surface area contributed by atoms with Crippen LogP contribution in [0, 0.1) is 6.92 Å². The zero-order valence-electron chi connectivity index (χ0n) is 13.7. The fourth-order valence-electron chi connectivity index (χ4n) is 2.12. The molecule has 0 radical (unpaired) electrons. The van der Waals surface area contributed by atoms with Crippen LogP contribution in [0.15, 0.2) is 41.8 Å². The van der Waals surface area contributed by atoms with E-state index in [1.807, 2.05) is 37.4 Å². The number of ether oxygens (including phenoxy) is 1. The van der Waals surface area contributed by atoms with Crippen LogP contribution >= 0.6 is 11.3 Å². The third kappa shape index (κ3) is 6.04. The van der Waals surface area contributed by atoms with E-state index >= 15 is 0 Å². The number of hydrogen-bond acceptors (Lipinski definition) is 3. The first-order valence-corrected chi connectivity index (χ1v) is 8.68. The van der Waals surface area contributed by atoms with E-state index in [0.717, 1.165) is 6.42 Å². The van der Waals surface area contributed by atoms with Gasteiger partial charge in [0, 0.05) is 25.1 Å². The van der Waals surface area contributed by atoms with E-state index in [-0.39, 0.29) is 6.03 Å². The predicted molar refractivity (Wildman–Crippen MR) is 94.6 cm³/mol. The molecular weight excluding hydrogens is 308 g/mol. The highest BCUT2D eigenvalue weighted by Gasteiger charge is 2.10. The van der Waals surface area contributed by atoms with Crippen LogP contribution in [0.2, 0.25) is 0 Å². The molecule has 2 rings (SSSR count). The first-order chi connectivity index (χ1) is 11.2. The van der Waals surface area contributed by atoms with Crippen LogP contribution in [0.5, 0.6) is 0 Å². The molecule has 1 N–H and O–H groups in total. The van der Waals surface area contributed by atoms with Gasteiger partial charge in [-0.05, 0) is 35.9 Å².